The SMILES string of the molecule is CCCCOC(=O)C(CC)(CCCC)C(C)=O. The number of hydrogen-bond donors (Lipinski definition) is 0. The number of carbonyl (C=O) groups is 2. The van der Waals surface area contributed by atoms with Gasteiger partial charge in [0.15, 0.2) is 0 Å². The standard InChI is InChI=1S/C14H26O3/c1-5-8-10-14(7-3,12(4)15)13(16)17-11-9-6-2/h5-11H2,1-4H3. The van der Waals surface area contributed by atoms with E-state index >= 15 is 0 Å². The maximum absolute atomic E-state index is 12.1. The monoisotopic (exact) mass is 242 g/mol. The second-order valence-corrected chi connectivity index (χ2v) is 4.58. The third-order valence-electron chi connectivity index (χ3n) is 3.36. The molecule has 0 heterocycles. The highest BCUT2D eigenvalue weighted by molar-refractivity contribution is 6.02. The van der Waals surface area contributed by atoms with Crippen LogP contribution in [0.15, 0.2) is 0 Å². The Labute approximate surface area is 105 Å². The summed E-state index contributed by atoms with van der Waals surface area (Å²) in [7, 11) is 0. The van der Waals surface area contributed by atoms with Crippen LogP contribution >= 0.6 is 0 Å². The quantitative estimate of drug-likeness (QED) is 0.353. The fourth-order valence-corrected chi connectivity index (χ4v) is 1.92. The average molecular weight is 242 g/mol. The molecule has 0 saturated heterocycles. The molecule has 0 saturated carbocycles. The lowest BCUT2D eigenvalue weighted by molar-refractivity contribution is -0.161. The van der Waals surface area contributed by atoms with Gasteiger partial charge in [-0.05, 0) is 26.2 Å². The molecule has 0 aliphatic rings. The Morgan fingerprint density at radius 3 is 2.06 bits per heavy atom. The lowest BCUT2D eigenvalue weighted by Crippen LogP contribution is -2.39. The Morgan fingerprint density at radius 2 is 1.65 bits per heavy atom. The van der Waals surface area contributed by atoms with Crippen LogP contribution in [0.4, 0.5) is 0 Å². The van der Waals surface area contributed by atoms with Crippen LogP contribution in [0.1, 0.15) is 66.2 Å². The van der Waals surface area contributed by atoms with E-state index in [1.165, 1.54) is 6.92 Å². The van der Waals surface area contributed by atoms with Gasteiger partial charge < -0.3 is 4.74 Å². The smallest absolute Gasteiger partial charge is 0.319 e. The Hall–Kier alpha value is -0.860. The lowest BCUT2D eigenvalue weighted by atomic mass is 9.77. The van der Waals surface area contributed by atoms with Crippen molar-refractivity contribution in [3.63, 3.8) is 0 Å². The molecule has 0 amide bonds. The summed E-state index contributed by atoms with van der Waals surface area (Å²) in [4.78, 5) is 23.9. The summed E-state index contributed by atoms with van der Waals surface area (Å²) in [5.74, 6) is -0.385. The van der Waals surface area contributed by atoms with E-state index in [0.29, 0.717) is 19.4 Å². The summed E-state index contributed by atoms with van der Waals surface area (Å²) in [5.41, 5.74) is -0.899. The van der Waals surface area contributed by atoms with Crippen LogP contribution in [-0.2, 0) is 14.3 Å². The number of esters is 1. The minimum atomic E-state index is -0.899. The van der Waals surface area contributed by atoms with Gasteiger partial charge in [0.2, 0.25) is 0 Å². The van der Waals surface area contributed by atoms with Crippen LogP contribution in [0.25, 0.3) is 0 Å². The molecule has 0 fully saturated rings. The highest BCUT2D eigenvalue weighted by Crippen LogP contribution is 2.31. The number of unbranched alkanes of at least 4 members (excludes halogenated alkanes) is 2. The first-order chi connectivity index (χ1) is 8.05. The average Bonchev–Trinajstić information content (AvgIpc) is 2.30. The van der Waals surface area contributed by atoms with Gasteiger partial charge in [-0.2, -0.15) is 0 Å². The van der Waals surface area contributed by atoms with E-state index in [0.717, 1.165) is 25.7 Å². The van der Waals surface area contributed by atoms with Crippen molar-refractivity contribution in [1.82, 2.24) is 0 Å². The van der Waals surface area contributed by atoms with E-state index < -0.39 is 5.41 Å². The summed E-state index contributed by atoms with van der Waals surface area (Å²) < 4.78 is 5.24. The van der Waals surface area contributed by atoms with Gasteiger partial charge in [0.1, 0.15) is 11.2 Å². The summed E-state index contributed by atoms with van der Waals surface area (Å²) in [5, 5.41) is 0. The van der Waals surface area contributed by atoms with Crippen molar-refractivity contribution in [2.45, 2.75) is 66.2 Å². The molecule has 0 radical (unpaired) electrons. The molecule has 1 unspecified atom stereocenters. The van der Waals surface area contributed by atoms with E-state index in [1.54, 1.807) is 0 Å². The molecule has 1 atom stereocenters. The van der Waals surface area contributed by atoms with Crippen molar-refractivity contribution in [1.29, 1.82) is 0 Å². The van der Waals surface area contributed by atoms with Gasteiger partial charge in [0.25, 0.3) is 0 Å². The van der Waals surface area contributed by atoms with Crippen molar-refractivity contribution >= 4 is 11.8 Å². The van der Waals surface area contributed by atoms with E-state index in [4.69, 9.17) is 4.74 Å². The number of ketones is 1. The van der Waals surface area contributed by atoms with Crippen molar-refractivity contribution in [2.75, 3.05) is 6.61 Å². The lowest BCUT2D eigenvalue weighted by Gasteiger charge is -2.27. The Morgan fingerprint density at radius 1 is 1.06 bits per heavy atom. The molecule has 0 bridgehead atoms. The van der Waals surface area contributed by atoms with Gasteiger partial charge in [-0.15, -0.1) is 0 Å². The molecular formula is C14H26O3. The molecule has 0 aliphatic carbocycles. The Balaban J connectivity index is 4.64. The van der Waals surface area contributed by atoms with Crippen LogP contribution in [0, 0.1) is 5.41 Å². The van der Waals surface area contributed by atoms with Gasteiger partial charge in [-0.3, -0.25) is 9.59 Å². The summed E-state index contributed by atoms with van der Waals surface area (Å²) >= 11 is 0. The number of hydrogen-bond acceptors (Lipinski definition) is 3. The third-order valence-corrected chi connectivity index (χ3v) is 3.36. The normalized spacial score (nSPS) is 14.1. The predicted molar refractivity (Wildman–Crippen MR) is 68.8 cm³/mol. The zero-order valence-electron chi connectivity index (χ0n) is 11.7. The minimum Gasteiger partial charge on any atom is -0.465 e. The van der Waals surface area contributed by atoms with Gasteiger partial charge in [0.05, 0.1) is 6.61 Å². The summed E-state index contributed by atoms with van der Waals surface area (Å²) in [6.07, 6.45) is 4.86. The van der Waals surface area contributed by atoms with Gasteiger partial charge in [-0.1, -0.05) is 40.0 Å². The number of carbonyl (C=O) groups excluding carboxylic acids is 2. The number of ether oxygens (including phenoxy) is 1. The molecule has 0 rings (SSSR count). The van der Waals surface area contributed by atoms with Gasteiger partial charge in [-0.25, -0.2) is 0 Å². The minimum absolute atomic E-state index is 0.0602. The summed E-state index contributed by atoms with van der Waals surface area (Å²) in [6, 6.07) is 0. The first-order valence-electron chi connectivity index (χ1n) is 6.73. The van der Waals surface area contributed by atoms with Crippen molar-refractivity contribution in [2.24, 2.45) is 5.41 Å². The molecule has 0 aromatic carbocycles. The fourth-order valence-electron chi connectivity index (χ4n) is 1.92. The molecule has 3 nitrogen and oxygen atoms in total. The first kappa shape index (κ1) is 16.1. The fraction of sp³-hybridized carbons (Fsp3) is 0.857. The Kier molecular flexibility index (Phi) is 7.85. The van der Waals surface area contributed by atoms with Crippen LogP contribution in [0.3, 0.4) is 0 Å². The van der Waals surface area contributed by atoms with Crippen LogP contribution < -0.4 is 0 Å². The first-order valence-corrected chi connectivity index (χ1v) is 6.73. The topological polar surface area (TPSA) is 43.4 Å². The molecule has 100 valence electrons. The summed E-state index contributed by atoms with van der Waals surface area (Å²) in [6.45, 7) is 7.92. The molecule has 0 spiro atoms. The highest BCUT2D eigenvalue weighted by Gasteiger charge is 2.42. The predicted octanol–water partition coefficient (Wildman–Crippen LogP) is 3.51. The van der Waals surface area contributed by atoms with E-state index in [9.17, 15) is 9.59 Å². The molecule has 3 heteroatoms. The largest absolute Gasteiger partial charge is 0.465 e. The third kappa shape index (κ3) is 4.49. The van der Waals surface area contributed by atoms with Crippen LogP contribution in [0.2, 0.25) is 0 Å². The number of rotatable bonds is 9. The van der Waals surface area contributed by atoms with Crippen molar-refractivity contribution in [3.8, 4) is 0 Å². The van der Waals surface area contributed by atoms with Gasteiger partial charge in [0, 0.05) is 0 Å². The zero-order valence-corrected chi connectivity index (χ0v) is 11.7. The molecular weight excluding hydrogens is 216 g/mol. The second kappa shape index (κ2) is 8.26. The highest BCUT2D eigenvalue weighted by atomic mass is 16.5. The maximum Gasteiger partial charge on any atom is 0.319 e. The van der Waals surface area contributed by atoms with Crippen molar-refractivity contribution in [3.05, 3.63) is 0 Å². The molecule has 0 aromatic rings. The Bertz CT molecular complexity index is 248. The van der Waals surface area contributed by atoms with E-state index in [1.807, 2.05) is 13.8 Å². The molecule has 0 aromatic heterocycles. The number of Topliss-reactive ketones (excluding diaryl/α,β-unsaturated/α-hetero) is 1. The maximum atomic E-state index is 12.1. The van der Waals surface area contributed by atoms with Gasteiger partial charge >= 0.3 is 5.97 Å². The van der Waals surface area contributed by atoms with Crippen LogP contribution in [-0.4, -0.2) is 18.4 Å². The molecule has 0 N–H and O–H groups in total. The second-order valence-electron chi connectivity index (χ2n) is 4.58. The zero-order chi connectivity index (χ0) is 13.3. The van der Waals surface area contributed by atoms with Crippen molar-refractivity contribution < 1.29 is 14.3 Å². The van der Waals surface area contributed by atoms with E-state index in [-0.39, 0.29) is 11.8 Å². The molecule has 17 heavy (non-hydrogen) atoms. The van der Waals surface area contributed by atoms with E-state index in [2.05, 4.69) is 6.92 Å². The van der Waals surface area contributed by atoms with Crippen LogP contribution in [0.5, 0.6) is 0 Å². The molecule has 0 aliphatic heterocycles.